The van der Waals surface area contributed by atoms with Gasteiger partial charge in [0.1, 0.15) is 0 Å². The molecule has 15 N–H and O–H groups in total. The Morgan fingerprint density at radius 1 is 0.467 bits per heavy atom. The fraction of sp³-hybridized carbons (Fsp3) is 0.500. The maximum Gasteiger partial charge on any atom is 0.394 e. The molecule has 21 nitrogen and oxygen atoms in total. The van der Waals surface area contributed by atoms with Crippen LogP contribution < -0.4 is 17.2 Å². The van der Waals surface area contributed by atoms with Gasteiger partial charge in [-0.25, -0.2) is 0 Å². The van der Waals surface area contributed by atoms with Crippen LogP contribution in [0.5, 0.6) is 0 Å². The Labute approximate surface area is 168 Å². The average Bonchev–Trinajstić information content (AvgIpc) is 2.43. The summed E-state index contributed by atoms with van der Waals surface area (Å²) in [5.41, 5.74) is 13.7. The molecule has 24 heteroatoms. The summed E-state index contributed by atoms with van der Waals surface area (Å²) >= 11 is 0. The average molecular weight is 519 g/mol. The Morgan fingerprint density at radius 3 is 0.500 bits per heavy atom. The summed E-state index contributed by atoms with van der Waals surface area (Å²) in [7, 11) is -14.0. The second-order valence-corrected chi connectivity index (χ2v) is 5.82. The van der Waals surface area contributed by atoms with Crippen LogP contribution in [0.4, 0.5) is 0 Å². The number of carboxylic acids is 3. The largest absolute Gasteiger partial charge is 0.480 e. The van der Waals surface area contributed by atoms with Crippen molar-refractivity contribution in [1.82, 2.24) is 0 Å². The number of nitrogens with two attached hydrogens (primary N) is 3. The molecule has 0 bridgehead atoms. The molecule has 0 saturated carbocycles. The normalized spacial score (nSPS) is 9.50. The maximum atomic E-state index is 9.24. The van der Waals surface area contributed by atoms with Crippen molar-refractivity contribution in [2.24, 2.45) is 17.2 Å². The van der Waals surface area contributed by atoms with Crippen LogP contribution in [0.3, 0.4) is 0 Å². The van der Waals surface area contributed by atoms with E-state index in [1.54, 1.807) is 0 Å². The first kappa shape index (κ1) is 42.1. The summed E-state index contributed by atoms with van der Waals surface area (Å²) in [5, 5.41) is 22.8. The monoisotopic (exact) mass is 519 g/mol. The summed E-state index contributed by atoms with van der Waals surface area (Å²) in [6.07, 6.45) is 0. The molecule has 0 radical (unpaired) electrons. The fourth-order valence-corrected chi connectivity index (χ4v) is 0. The molecule has 0 atom stereocenters. The fourth-order valence-electron chi connectivity index (χ4n) is 0. The zero-order valence-corrected chi connectivity index (χ0v) is 16.7. The van der Waals surface area contributed by atoms with Crippen LogP contribution in [-0.2, 0) is 45.6 Å². The summed E-state index contributed by atoms with van der Waals surface area (Å²) in [6.45, 7) is -0.833. The molecule has 0 aromatic rings. The van der Waals surface area contributed by atoms with Crippen molar-refractivity contribution in [2.45, 2.75) is 0 Å². The topological polar surface area (TPSA) is 414 Å². The molecular formula is C6H21N3O18S3. The highest BCUT2D eigenvalue weighted by atomic mass is 32.3. The van der Waals surface area contributed by atoms with Crippen molar-refractivity contribution < 1.29 is 82.3 Å². The van der Waals surface area contributed by atoms with Gasteiger partial charge in [-0.1, -0.05) is 0 Å². The van der Waals surface area contributed by atoms with Crippen molar-refractivity contribution >= 4 is 49.1 Å². The van der Waals surface area contributed by atoms with Gasteiger partial charge in [0.25, 0.3) is 0 Å². The van der Waals surface area contributed by atoms with E-state index in [-0.39, 0.29) is 19.6 Å². The van der Waals surface area contributed by atoms with Crippen molar-refractivity contribution in [2.75, 3.05) is 19.6 Å². The minimum atomic E-state index is -4.67. The van der Waals surface area contributed by atoms with Crippen LogP contribution >= 0.6 is 0 Å². The van der Waals surface area contributed by atoms with Crippen molar-refractivity contribution in [1.29, 1.82) is 0 Å². The van der Waals surface area contributed by atoms with Crippen LogP contribution in [0.15, 0.2) is 0 Å². The minimum Gasteiger partial charge on any atom is -0.480 e. The number of hydrogen-bond acceptors (Lipinski definition) is 12. The molecule has 0 rings (SSSR count). The predicted molar refractivity (Wildman–Crippen MR) is 92.6 cm³/mol. The molecule has 0 saturated heterocycles. The van der Waals surface area contributed by atoms with Crippen LogP contribution in [0.1, 0.15) is 0 Å². The summed E-state index contributed by atoms with van der Waals surface area (Å²) < 4.78 is 94.8. The van der Waals surface area contributed by atoms with Gasteiger partial charge in [-0.3, -0.25) is 41.7 Å². The number of carbonyl (C=O) groups is 3. The van der Waals surface area contributed by atoms with Gasteiger partial charge in [0.15, 0.2) is 0 Å². The summed E-state index contributed by atoms with van der Waals surface area (Å²) in [5.74, 6) is -2.90. The Morgan fingerprint density at radius 2 is 0.500 bits per heavy atom. The smallest absolute Gasteiger partial charge is 0.394 e. The van der Waals surface area contributed by atoms with Crippen molar-refractivity contribution in [3.05, 3.63) is 0 Å². The second-order valence-electron chi connectivity index (χ2n) is 3.14. The summed E-state index contributed by atoms with van der Waals surface area (Å²) in [6, 6.07) is 0. The SMILES string of the molecule is NCC(=O)O.NCC(=O)O.NCC(=O)O.O=S(=O)(O)O.O=S(=O)(O)O.O=S(=O)(O)O. The maximum absolute atomic E-state index is 9.24. The lowest BCUT2D eigenvalue weighted by Gasteiger charge is -1.73. The molecule has 0 aliphatic heterocycles. The van der Waals surface area contributed by atoms with Gasteiger partial charge in [0, 0.05) is 0 Å². The first-order valence-corrected chi connectivity index (χ1v) is 9.85. The van der Waals surface area contributed by atoms with E-state index in [9.17, 15) is 14.4 Å². The lowest BCUT2D eigenvalue weighted by molar-refractivity contribution is -0.136. The van der Waals surface area contributed by atoms with Crippen molar-refractivity contribution in [3.63, 3.8) is 0 Å². The minimum absolute atomic E-state index is 0.278. The van der Waals surface area contributed by atoms with E-state index in [2.05, 4.69) is 17.2 Å². The van der Waals surface area contributed by atoms with E-state index >= 15 is 0 Å². The van der Waals surface area contributed by atoms with Crippen LogP contribution in [0.25, 0.3) is 0 Å². The Hall–Kier alpha value is -2.10. The van der Waals surface area contributed by atoms with E-state index in [1.807, 2.05) is 0 Å². The lowest BCUT2D eigenvalue weighted by atomic mass is 10.7. The van der Waals surface area contributed by atoms with E-state index in [0.29, 0.717) is 0 Å². The third kappa shape index (κ3) is 1060. The molecule has 0 amide bonds. The molecule has 0 aliphatic carbocycles. The zero-order valence-electron chi connectivity index (χ0n) is 14.3. The molecule has 0 unspecified atom stereocenters. The van der Waals surface area contributed by atoms with E-state index in [4.69, 9.17) is 67.9 Å². The van der Waals surface area contributed by atoms with Gasteiger partial charge in [0.2, 0.25) is 0 Å². The van der Waals surface area contributed by atoms with Gasteiger partial charge in [-0.15, -0.1) is 0 Å². The number of hydrogen-bond donors (Lipinski definition) is 12. The molecule has 0 aromatic heterocycles. The third-order valence-electron chi connectivity index (χ3n) is 0.524. The third-order valence-corrected chi connectivity index (χ3v) is 0.524. The first-order valence-electron chi connectivity index (χ1n) is 5.66. The van der Waals surface area contributed by atoms with Crippen LogP contribution in [-0.4, -0.2) is 105 Å². The zero-order chi connectivity index (χ0) is 26.4. The Balaban J connectivity index is -0.0000000576. The highest BCUT2D eigenvalue weighted by molar-refractivity contribution is 7.80. The Kier molecular flexibility index (Phi) is 32.5. The number of rotatable bonds is 3. The van der Waals surface area contributed by atoms with E-state index in [1.165, 1.54) is 0 Å². The van der Waals surface area contributed by atoms with Gasteiger partial charge in [-0.05, 0) is 0 Å². The van der Waals surface area contributed by atoms with E-state index < -0.39 is 49.1 Å². The van der Waals surface area contributed by atoms with E-state index in [0.717, 1.165) is 0 Å². The molecular weight excluding hydrogens is 498 g/mol. The molecule has 0 aliphatic rings. The van der Waals surface area contributed by atoms with Crippen LogP contribution in [0.2, 0.25) is 0 Å². The molecule has 0 aromatic carbocycles. The molecule has 30 heavy (non-hydrogen) atoms. The standard InChI is InChI=1S/3C2H5NO2.3H2O4S/c3*3-1-2(4)5;3*1-5(2,3)4/h3*1,3H2,(H,4,5);3*(H2,1,2,3,4). The van der Waals surface area contributed by atoms with Gasteiger partial charge < -0.3 is 32.5 Å². The van der Waals surface area contributed by atoms with Gasteiger partial charge in [-0.2, -0.15) is 25.3 Å². The Bertz CT molecular complexity index is 626. The second kappa shape index (κ2) is 23.2. The molecule has 186 valence electrons. The highest BCUT2D eigenvalue weighted by Gasteiger charge is 1.85. The quantitative estimate of drug-likeness (QED) is 0.155. The predicted octanol–water partition coefficient (Wildman–Crippen LogP) is -4.87. The first-order chi connectivity index (χ1) is 12.8. The lowest BCUT2D eigenvalue weighted by Crippen LogP contribution is -2.10. The summed E-state index contributed by atoms with van der Waals surface area (Å²) in [4.78, 5) is 27.7. The number of aliphatic carboxylic acids is 3. The molecule has 0 spiro atoms. The van der Waals surface area contributed by atoms with Crippen molar-refractivity contribution in [3.8, 4) is 0 Å². The molecule has 0 heterocycles. The molecule has 0 fully saturated rings. The van der Waals surface area contributed by atoms with Gasteiger partial charge >= 0.3 is 49.1 Å². The number of carboxylic acid groups (broad SMARTS) is 3. The van der Waals surface area contributed by atoms with Gasteiger partial charge in [0.05, 0.1) is 19.6 Å². The van der Waals surface area contributed by atoms with Crippen LogP contribution in [0, 0.1) is 0 Å². The highest BCUT2D eigenvalue weighted by Crippen LogP contribution is 1.60.